The van der Waals surface area contributed by atoms with Crippen molar-refractivity contribution in [2.24, 2.45) is 5.92 Å². The molecule has 2 atom stereocenters. The van der Waals surface area contributed by atoms with E-state index in [0.717, 1.165) is 34.4 Å². The van der Waals surface area contributed by atoms with Crippen LogP contribution in [0.2, 0.25) is 5.02 Å². The lowest BCUT2D eigenvalue weighted by Gasteiger charge is -2.16. The van der Waals surface area contributed by atoms with Gasteiger partial charge in [-0.05, 0) is 62.1 Å². The average Bonchev–Trinajstić information content (AvgIpc) is 3.00. The van der Waals surface area contributed by atoms with Gasteiger partial charge in [0.15, 0.2) is 5.78 Å². The van der Waals surface area contributed by atoms with Crippen molar-refractivity contribution in [3.05, 3.63) is 68.7 Å². The molecule has 0 spiro atoms. The Labute approximate surface area is 205 Å². The highest BCUT2D eigenvalue weighted by Crippen LogP contribution is 2.37. The monoisotopic (exact) mass is 508 g/mol. The van der Waals surface area contributed by atoms with Gasteiger partial charge < -0.3 is 5.32 Å². The number of alkyl halides is 3. The number of Topliss-reactive ketones (excluding diaryl/α,β-unsaturated/α-hetero) is 2. The van der Waals surface area contributed by atoms with Crippen LogP contribution in [0, 0.1) is 26.7 Å². The molecule has 0 aromatic heterocycles. The van der Waals surface area contributed by atoms with Crippen LogP contribution < -0.4 is 10.6 Å². The molecule has 1 fully saturated rings. The third-order valence-electron chi connectivity index (χ3n) is 6.03. The summed E-state index contributed by atoms with van der Waals surface area (Å²) in [5, 5.41) is 4.07. The molecule has 6 nitrogen and oxygen atoms in total. The SMILES string of the molecule is Cc1cc(C)c(C2C(=O)CC(CCNC(=O)NC(=O)c3cc(C(F)(F)F)ccc3Cl)C2=O)c(C)c1. The van der Waals surface area contributed by atoms with Crippen molar-refractivity contribution in [3.8, 4) is 0 Å². The molecule has 1 aliphatic rings. The molecule has 1 aliphatic carbocycles. The topological polar surface area (TPSA) is 92.3 Å². The highest BCUT2D eigenvalue weighted by molar-refractivity contribution is 6.34. The lowest BCUT2D eigenvalue weighted by Crippen LogP contribution is -2.40. The lowest BCUT2D eigenvalue weighted by atomic mass is 9.86. The largest absolute Gasteiger partial charge is 0.416 e. The summed E-state index contributed by atoms with van der Waals surface area (Å²) in [6, 6.07) is 5.11. The zero-order valence-electron chi connectivity index (χ0n) is 19.3. The van der Waals surface area contributed by atoms with Crippen LogP contribution in [0.3, 0.4) is 0 Å². The maximum atomic E-state index is 13.0. The Balaban J connectivity index is 1.58. The quantitative estimate of drug-likeness (QED) is 0.552. The molecule has 2 aromatic carbocycles. The molecular formula is C25H24ClF3N2O4. The fourth-order valence-corrected chi connectivity index (χ4v) is 4.70. The first-order valence-electron chi connectivity index (χ1n) is 10.9. The van der Waals surface area contributed by atoms with E-state index in [2.05, 4.69) is 5.32 Å². The fraction of sp³-hybridized carbons (Fsp3) is 0.360. The van der Waals surface area contributed by atoms with Crippen LogP contribution in [0.25, 0.3) is 0 Å². The number of hydrogen-bond donors (Lipinski definition) is 2. The standard InChI is InChI=1S/C25H24ClF3N2O4/c1-12-8-13(2)20(14(3)9-12)21-19(32)10-15(22(21)33)6-7-30-24(35)31-23(34)17-11-16(25(27,28)29)4-5-18(17)26/h4-5,8-9,11,15,21H,6-7,10H2,1-3H3,(H2,30,31,34,35). The Bertz CT molecular complexity index is 1190. The summed E-state index contributed by atoms with van der Waals surface area (Å²) in [7, 11) is 0. The van der Waals surface area contributed by atoms with E-state index in [4.69, 9.17) is 11.6 Å². The van der Waals surface area contributed by atoms with Crippen LogP contribution in [-0.2, 0) is 15.8 Å². The molecule has 2 unspecified atom stereocenters. The van der Waals surface area contributed by atoms with Gasteiger partial charge in [-0.25, -0.2) is 4.79 Å². The molecule has 3 rings (SSSR count). The van der Waals surface area contributed by atoms with E-state index < -0.39 is 41.1 Å². The minimum absolute atomic E-state index is 0.0162. The molecule has 1 saturated carbocycles. The first-order valence-corrected chi connectivity index (χ1v) is 11.3. The van der Waals surface area contributed by atoms with Crippen LogP contribution in [-0.4, -0.2) is 30.0 Å². The van der Waals surface area contributed by atoms with Gasteiger partial charge in [0.05, 0.1) is 16.1 Å². The minimum atomic E-state index is -4.68. The van der Waals surface area contributed by atoms with E-state index in [1.807, 2.05) is 38.2 Å². The van der Waals surface area contributed by atoms with Gasteiger partial charge in [-0.15, -0.1) is 0 Å². The number of rotatable bonds is 5. The molecule has 0 heterocycles. The van der Waals surface area contributed by atoms with Crippen molar-refractivity contribution >= 4 is 35.1 Å². The number of nitrogens with one attached hydrogen (secondary N) is 2. The van der Waals surface area contributed by atoms with Crippen LogP contribution in [0.5, 0.6) is 0 Å². The maximum Gasteiger partial charge on any atom is 0.416 e. The van der Waals surface area contributed by atoms with E-state index in [1.165, 1.54) is 0 Å². The number of ketones is 2. The summed E-state index contributed by atoms with van der Waals surface area (Å²) in [4.78, 5) is 50.0. The smallest absolute Gasteiger partial charge is 0.338 e. The summed E-state index contributed by atoms with van der Waals surface area (Å²) in [6.45, 7) is 5.65. The summed E-state index contributed by atoms with van der Waals surface area (Å²) < 4.78 is 38.7. The van der Waals surface area contributed by atoms with Gasteiger partial charge >= 0.3 is 12.2 Å². The van der Waals surface area contributed by atoms with Crippen LogP contribution in [0.4, 0.5) is 18.0 Å². The molecule has 3 amide bonds. The molecule has 10 heteroatoms. The third-order valence-corrected chi connectivity index (χ3v) is 6.36. The van der Waals surface area contributed by atoms with Gasteiger partial charge in [0, 0.05) is 18.9 Å². The summed E-state index contributed by atoms with van der Waals surface area (Å²) >= 11 is 5.81. The number of carbonyl (C=O) groups is 4. The minimum Gasteiger partial charge on any atom is -0.338 e. The Morgan fingerprint density at radius 1 is 1.06 bits per heavy atom. The lowest BCUT2D eigenvalue weighted by molar-refractivity contribution is -0.137. The number of amides is 3. The molecule has 0 saturated heterocycles. The molecule has 0 radical (unpaired) electrons. The van der Waals surface area contributed by atoms with Crippen LogP contribution in [0.1, 0.15) is 56.9 Å². The number of urea groups is 1. The van der Waals surface area contributed by atoms with E-state index in [-0.39, 0.29) is 36.0 Å². The van der Waals surface area contributed by atoms with Gasteiger partial charge in [-0.2, -0.15) is 13.2 Å². The summed E-state index contributed by atoms with van der Waals surface area (Å²) in [5.74, 6) is -2.90. The second kappa shape index (κ2) is 10.2. The molecule has 2 aromatic rings. The second-order valence-corrected chi connectivity index (χ2v) is 9.11. The molecule has 0 bridgehead atoms. The van der Waals surface area contributed by atoms with Crippen molar-refractivity contribution in [2.45, 2.75) is 45.7 Å². The van der Waals surface area contributed by atoms with Gasteiger partial charge in [0.1, 0.15) is 11.7 Å². The number of halogens is 4. The highest BCUT2D eigenvalue weighted by atomic mass is 35.5. The first kappa shape index (κ1) is 26.4. The highest BCUT2D eigenvalue weighted by Gasteiger charge is 2.42. The second-order valence-electron chi connectivity index (χ2n) is 8.71. The van der Waals surface area contributed by atoms with Gasteiger partial charge in [0.25, 0.3) is 5.91 Å². The van der Waals surface area contributed by atoms with Gasteiger partial charge in [-0.3, -0.25) is 19.7 Å². The number of carbonyl (C=O) groups excluding carboxylic acids is 4. The zero-order chi connectivity index (χ0) is 26.1. The van der Waals surface area contributed by atoms with Crippen molar-refractivity contribution in [2.75, 3.05) is 6.54 Å². The van der Waals surface area contributed by atoms with Crippen LogP contribution >= 0.6 is 11.6 Å². The van der Waals surface area contributed by atoms with E-state index in [1.54, 1.807) is 0 Å². The molecule has 2 N–H and O–H groups in total. The van der Waals surface area contributed by atoms with Crippen molar-refractivity contribution in [1.29, 1.82) is 0 Å². The molecule has 0 aliphatic heterocycles. The van der Waals surface area contributed by atoms with Crippen molar-refractivity contribution in [3.63, 3.8) is 0 Å². The predicted octanol–water partition coefficient (Wildman–Crippen LogP) is 5.06. The Hall–Kier alpha value is -3.20. The fourth-order valence-electron chi connectivity index (χ4n) is 4.50. The summed E-state index contributed by atoms with van der Waals surface area (Å²) in [6.07, 6.45) is -4.45. The Morgan fingerprint density at radius 3 is 2.29 bits per heavy atom. The number of benzene rings is 2. The number of imide groups is 1. The number of hydrogen-bond acceptors (Lipinski definition) is 4. The normalized spacial score (nSPS) is 18.0. The summed E-state index contributed by atoms with van der Waals surface area (Å²) in [5.41, 5.74) is 1.93. The van der Waals surface area contributed by atoms with E-state index in [9.17, 15) is 32.3 Å². The average molecular weight is 509 g/mol. The van der Waals surface area contributed by atoms with Gasteiger partial charge in [0.2, 0.25) is 0 Å². The molecule has 35 heavy (non-hydrogen) atoms. The third kappa shape index (κ3) is 5.90. The van der Waals surface area contributed by atoms with Crippen molar-refractivity contribution < 1.29 is 32.3 Å². The number of aryl methyl sites for hydroxylation is 3. The maximum absolute atomic E-state index is 13.0. The predicted molar refractivity (Wildman–Crippen MR) is 123 cm³/mol. The molecule has 186 valence electrons. The Morgan fingerprint density at radius 2 is 1.69 bits per heavy atom. The Kier molecular flexibility index (Phi) is 7.69. The van der Waals surface area contributed by atoms with Gasteiger partial charge in [-0.1, -0.05) is 29.3 Å². The van der Waals surface area contributed by atoms with E-state index in [0.29, 0.717) is 6.07 Å². The zero-order valence-corrected chi connectivity index (χ0v) is 20.1. The first-order chi connectivity index (χ1) is 16.3. The van der Waals surface area contributed by atoms with E-state index >= 15 is 0 Å². The van der Waals surface area contributed by atoms with Crippen molar-refractivity contribution in [1.82, 2.24) is 10.6 Å². The molecular weight excluding hydrogens is 485 g/mol. The van der Waals surface area contributed by atoms with Crippen LogP contribution in [0.15, 0.2) is 30.3 Å².